The van der Waals surface area contributed by atoms with E-state index in [1.807, 2.05) is 0 Å². The highest BCUT2D eigenvalue weighted by molar-refractivity contribution is 7.91. The van der Waals surface area contributed by atoms with Crippen LogP contribution < -0.4 is 11.2 Å². The molecule has 2 heterocycles. The molecular weight excluding hydrogens is 451 g/mol. The zero-order chi connectivity index (χ0) is 22.1. The molecular formula is C19H14ClFN4O5S. The minimum Gasteiger partial charge on any atom is -0.421 e. The Balaban J connectivity index is 1.80. The summed E-state index contributed by atoms with van der Waals surface area (Å²) in [7, 11) is -4.39. The van der Waals surface area contributed by atoms with Gasteiger partial charge in [0.1, 0.15) is 5.82 Å². The highest BCUT2D eigenvalue weighted by atomic mass is 35.5. The summed E-state index contributed by atoms with van der Waals surface area (Å²) in [4.78, 5) is 25.5. The van der Waals surface area contributed by atoms with Gasteiger partial charge in [-0.25, -0.2) is 17.6 Å². The average molecular weight is 465 g/mol. The smallest absolute Gasteiger partial charge is 0.362 e. The first-order chi connectivity index (χ1) is 14.7. The molecule has 9 nitrogen and oxygen atoms in total. The molecule has 0 atom stereocenters. The van der Waals surface area contributed by atoms with Gasteiger partial charge in [-0.1, -0.05) is 16.3 Å². The zero-order valence-corrected chi connectivity index (χ0v) is 17.2. The monoisotopic (exact) mass is 464 g/mol. The summed E-state index contributed by atoms with van der Waals surface area (Å²) in [6, 6.07) is 4.54. The summed E-state index contributed by atoms with van der Waals surface area (Å²) in [5.74, 6) is -0.758. The summed E-state index contributed by atoms with van der Waals surface area (Å²) < 4.78 is 43.0. The van der Waals surface area contributed by atoms with Crippen LogP contribution >= 0.6 is 11.6 Å². The lowest BCUT2D eigenvalue weighted by Crippen LogP contribution is -2.33. The second-order valence-corrected chi connectivity index (χ2v) is 9.68. The number of rotatable bonds is 3. The fraction of sp³-hybridized carbons (Fsp3) is 0.211. The standard InChI is InChI=1S/C19H14ClFN4O5S/c20-12-4-5-15(17-16(12)18(26)25(28)19(27)23-17)31(29,30)10-6-13(21)11-8-22-24(14(11)7-10)9-2-1-3-9/h4-9,28H,1-3H2,(H,23,27). The maximum atomic E-state index is 14.8. The Hall–Kier alpha value is -3.18. The molecule has 160 valence electrons. The number of halogens is 2. The van der Waals surface area contributed by atoms with Crippen molar-refractivity contribution < 1.29 is 18.0 Å². The second-order valence-electron chi connectivity index (χ2n) is 7.36. The van der Waals surface area contributed by atoms with Crippen molar-refractivity contribution in [3.05, 3.63) is 62.1 Å². The molecule has 0 unspecified atom stereocenters. The van der Waals surface area contributed by atoms with Gasteiger partial charge in [0.2, 0.25) is 9.84 Å². The fourth-order valence-electron chi connectivity index (χ4n) is 3.76. The first kappa shape index (κ1) is 19.8. The molecule has 2 N–H and O–H groups in total. The minimum absolute atomic E-state index is 0.0746. The molecule has 0 bridgehead atoms. The molecule has 0 aliphatic heterocycles. The molecule has 1 aliphatic rings. The lowest BCUT2D eigenvalue weighted by atomic mass is 9.93. The number of hydrogen-bond acceptors (Lipinski definition) is 6. The van der Waals surface area contributed by atoms with Crippen LogP contribution in [0.4, 0.5) is 4.39 Å². The van der Waals surface area contributed by atoms with Gasteiger partial charge in [0.15, 0.2) is 0 Å². The van der Waals surface area contributed by atoms with E-state index in [4.69, 9.17) is 11.6 Å². The Bertz CT molecular complexity index is 1620. The van der Waals surface area contributed by atoms with Gasteiger partial charge in [-0.2, -0.15) is 5.10 Å². The van der Waals surface area contributed by atoms with Gasteiger partial charge in [-0.3, -0.25) is 9.48 Å². The number of nitrogens with zero attached hydrogens (tertiary/aromatic N) is 3. The van der Waals surface area contributed by atoms with Gasteiger partial charge < -0.3 is 10.2 Å². The van der Waals surface area contributed by atoms with Crippen molar-refractivity contribution in [1.29, 1.82) is 0 Å². The predicted molar refractivity (Wildman–Crippen MR) is 109 cm³/mol. The van der Waals surface area contributed by atoms with Crippen molar-refractivity contribution in [2.24, 2.45) is 0 Å². The van der Waals surface area contributed by atoms with Crippen molar-refractivity contribution in [2.45, 2.75) is 35.1 Å². The van der Waals surface area contributed by atoms with Crippen LogP contribution in [-0.2, 0) is 9.84 Å². The van der Waals surface area contributed by atoms with Gasteiger partial charge >= 0.3 is 5.69 Å². The molecule has 1 aliphatic carbocycles. The molecule has 12 heteroatoms. The van der Waals surface area contributed by atoms with Crippen molar-refractivity contribution in [3.8, 4) is 0 Å². The molecule has 2 aromatic carbocycles. The molecule has 0 spiro atoms. The van der Waals surface area contributed by atoms with Crippen LogP contribution in [0, 0.1) is 5.82 Å². The molecule has 2 aromatic heterocycles. The number of aromatic nitrogens is 4. The maximum Gasteiger partial charge on any atom is 0.362 e. The summed E-state index contributed by atoms with van der Waals surface area (Å²) in [5, 5.41) is 13.4. The van der Waals surface area contributed by atoms with Crippen LogP contribution in [0.2, 0.25) is 5.02 Å². The Morgan fingerprint density at radius 2 is 1.97 bits per heavy atom. The highest BCUT2D eigenvalue weighted by Gasteiger charge is 2.28. The number of fused-ring (bicyclic) bond motifs is 2. The van der Waals surface area contributed by atoms with Gasteiger partial charge in [-0.05, 0) is 43.5 Å². The third kappa shape index (κ3) is 2.80. The van der Waals surface area contributed by atoms with Gasteiger partial charge in [0.05, 0.1) is 48.9 Å². The summed E-state index contributed by atoms with van der Waals surface area (Å²) in [6.07, 6.45) is 4.11. The van der Waals surface area contributed by atoms with E-state index in [1.54, 1.807) is 4.68 Å². The zero-order valence-electron chi connectivity index (χ0n) is 15.7. The molecule has 5 rings (SSSR count). The number of sulfone groups is 1. The largest absolute Gasteiger partial charge is 0.421 e. The van der Waals surface area contributed by atoms with Crippen LogP contribution in [0.3, 0.4) is 0 Å². The maximum absolute atomic E-state index is 14.8. The fourth-order valence-corrected chi connectivity index (χ4v) is 5.44. The third-order valence-electron chi connectivity index (χ3n) is 5.61. The van der Waals surface area contributed by atoms with Crippen molar-refractivity contribution >= 4 is 43.2 Å². The van der Waals surface area contributed by atoms with Crippen molar-refractivity contribution in [3.63, 3.8) is 0 Å². The SMILES string of the molecule is O=c1[nH]c2c(S(=O)(=O)c3cc(F)c4cnn(C5CCC5)c4c3)ccc(Cl)c2c(=O)n1O. The number of nitrogens with one attached hydrogen (secondary N) is 1. The van der Waals surface area contributed by atoms with Gasteiger partial charge in [0.25, 0.3) is 5.56 Å². The number of benzene rings is 2. The van der Waals surface area contributed by atoms with E-state index >= 15 is 0 Å². The Morgan fingerprint density at radius 3 is 2.65 bits per heavy atom. The van der Waals surface area contributed by atoms with E-state index in [0.717, 1.165) is 37.5 Å². The van der Waals surface area contributed by atoms with Crippen LogP contribution in [0.15, 0.2) is 49.8 Å². The Kier molecular flexibility index (Phi) is 4.25. The summed E-state index contributed by atoms with van der Waals surface area (Å²) in [6.45, 7) is 0. The highest BCUT2D eigenvalue weighted by Crippen LogP contribution is 2.36. The quantitative estimate of drug-likeness (QED) is 0.449. The molecule has 1 saturated carbocycles. The van der Waals surface area contributed by atoms with Crippen LogP contribution in [-0.4, -0.2) is 33.1 Å². The van der Waals surface area contributed by atoms with Gasteiger partial charge in [0, 0.05) is 0 Å². The molecule has 4 aromatic rings. The van der Waals surface area contributed by atoms with Crippen molar-refractivity contribution in [2.75, 3.05) is 0 Å². The lowest BCUT2D eigenvalue weighted by Gasteiger charge is -2.26. The molecule has 0 saturated heterocycles. The average Bonchev–Trinajstić information content (AvgIpc) is 3.09. The van der Waals surface area contributed by atoms with Crippen LogP contribution in [0.1, 0.15) is 25.3 Å². The summed E-state index contributed by atoms with van der Waals surface area (Å²) in [5.41, 5.74) is -2.44. The third-order valence-corrected chi connectivity index (χ3v) is 7.70. The predicted octanol–water partition coefficient (Wildman–Crippen LogP) is 2.63. The lowest BCUT2D eigenvalue weighted by molar-refractivity contribution is 0.162. The summed E-state index contributed by atoms with van der Waals surface area (Å²) >= 11 is 6.01. The Labute approximate surface area is 178 Å². The van der Waals surface area contributed by atoms with E-state index < -0.39 is 31.8 Å². The van der Waals surface area contributed by atoms with E-state index in [1.165, 1.54) is 12.3 Å². The Morgan fingerprint density at radius 1 is 1.23 bits per heavy atom. The number of aromatic amines is 1. The number of hydrogen-bond donors (Lipinski definition) is 2. The molecule has 0 radical (unpaired) electrons. The minimum atomic E-state index is -4.39. The van der Waals surface area contributed by atoms with Crippen molar-refractivity contribution in [1.82, 2.24) is 19.5 Å². The van der Waals surface area contributed by atoms with Gasteiger partial charge in [-0.15, -0.1) is 0 Å². The normalized spacial score (nSPS) is 14.9. The van der Waals surface area contributed by atoms with E-state index in [2.05, 4.69) is 10.1 Å². The van der Waals surface area contributed by atoms with Crippen LogP contribution in [0.5, 0.6) is 0 Å². The molecule has 1 fully saturated rings. The number of H-pyrrole nitrogens is 1. The first-order valence-corrected chi connectivity index (χ1v) is 11.1. The van der Waals surface area contributed by atoms with E-state index in [0.29, 0.717) is 5.52 Å². The van der Waals surface area contributed by atoms with Crippen LogP contribution in [0.25, 0.3) is 21.8 Å². The first-order valence-electron chi connectivity index (χ1n) is 9.29. The van der Waals surface area contributed by atoms with E-state index in [-0.39, 0.29) is 37.0 Å². The molecule has 0 amide bonds. The topological polar surface area (TPSA) is 127 Å². The van der Waals surface area contributed by atoms with E-state index in [9.17, 15) is 27.6 Å². The molecule has 31 heavy (non-hydrogen) atoms. The second kappa shape index (κ2) is 6.66.